The highest BCUT2D eigenvalue weighted by molar-refractivity contribution is 9.10. The molecule has 2 amide bonds. The van der Waals surface area contributed by atoms with Gasteiger partial charge in [-0.1, -0.05) is 28.1 Å². The van der Waals surface area contributed by atoms with Crippen LogP contribution in [0.25, 0.3) is 0 Å². The van der Waals surface area contributed by atoms with Crippen LogP contribution in [0.2, 0.25) is 0 Å². The van der Waals surface area contributed by atoms with E-state index in [9.17, 15) is 18.0 Å². The van der Waals surface area contributed by atoms with E-state index in [0.29, 0.717) is 18.0 Å². The van der Waals surface area contributed by atoms with Crippen LogP contribution in [0.15, 0.2) is 87.1 Å². The lowest BCUT2D eigenvalue weighted by Crippen LogP contribution is -2.52. The number of sulfonamides is 1. The maximum absolute atomic E-state index is 14.0. The summed E-state index contributed by atoms with van der Waals surface area (Å²) < 4.78 is 35.4. The second-order valence-electron chi connectivity index (χ2n) is 9.60. The highest BCUT2D eigenvalue weighted by atomic mass is 79.9. The van der Waals surface area contributed by atoms with E-state index < -0.39 is 28.5 Å². The average molecular weight is 663 g/mol. The Bertz CT molecular complexity index is 1430. The minimum atomic E-state index is -4.15. The number of rotatable bonds is 13. The molecule has 41 heavy (non-hydrogen) atoms. The van der Waals surface area contributed by atoms with E-state index in [4.69, 9.17) is 4.74 Å². The van der Waals surface area contributed by atoms with Crippen LogP contribution >= 0.6 is 27.7 Å². The fraction of sp³-hybridized carbons (Fsp3) is 0.333. The predicted molar refractivity (Wildman–Crippen MR) is 168 cm³/mol. The number of halogens is 1. The molecule has 0 heterocycles. The lowest BCUT2D eigenvalue weighted by atomic mass is 10.1. The summed E-state index contributed by atoms with van der Waals surface area (Å²) in [6, 6.07) is 19.5. The number of nitrogens with one attached hydrogen (secondary N) is 1. The number of carbonyl (C=O) groups excluding carboxylic acids is 2. The zero-order chi connectivity index (χ0) is 30.2. The highest BCUT2D eigenvalue weighted by Gasteiger charge is 2.32. The van der Waals surface area contributed by atoms with E-state index in [2.05, 4.69) is 21.2 Å². The van der Waals surface area contributed by atoms with E-state index in [1.807, 2.05) is 51.3 Å². The van der Waals surface area contributed by atoms with Crippen molar-refractivity contribution in [2.75, 3.05) is 23.7 Å². The van der Waals surface area contributed by atoms with Gasteiger partial charge in [-0.25, -0.2) is 8.42 Å². The summed E-state index contributed by atoms with van der Waals surface area (Å²) in [5.74, 6) is -0.263. The van der Waals surface area contributed by atoms with Crippen molar-refractivity contribution in [3.8, 4) is 5.75 Å². The molecule has 1 atom stereocenters. The van der Waals surface area contributed by atoms with Crippen LogP contribution in [0.4, 0.5) is 5.69 Å². The molecule has 11 heteroatoms. The summed E-state index contributed by atoms with van der Waals surface area (Å²) in [6.45, 7) is 7.25. The molecule has 0 fully saturated rings. The van der Waals surface area contributed by atoms with Crippen molar-refractivity contribution in [1.29, 1.82) is 0 Å². The number of benzene rings is 3. The van der Waals surface area contributed by atoms with Crippen molar-refractivity contribution in [3.63, 3.8) is 0 Å². The molecule has 3 aromatic rings. The van der Waals surface area contributed by atoms with Crippen molar-refractivity contribution < 1.29 is 22.7 Å². The van der Waals surface area contributed by atoms with Gasteiger partial charge in [-0.3, -0.25) is 13.9 Å². The molecule has 0 saturated heterocycles. The van der Waals surface area contributed by atoms with E-state index >= 15 is 0 Å². The van der Waals surface area contributed by atoms with Crippen LogP contribution in [0.1, 0.15) is 33.3 Å². The molecule has 0 aromatic heterocycles. The molecule has 220 valence electrons. The Kier molecular flexibility index (Phi) is 11.7. The molecule has 0 aliphatic rings. The van der Waals surface area contributed by atoms with Crippen molar-refractivity contribution >= 4 is 55.2 Å². The van der Waals surface area contributed by atoms with Gasteiger partial charge in [0, 0.05) is 22.0 Å². The normalized spacial score (nSPS) is 12.1. The summed E-state index contributed by atoms with van der Waals surface area (Å²) in [7, 11) is -4.15. The molecule has 0 spiro atoms. The Morgan fingerprint density at radius 3 is 2.22 bits per heavy atom. The first-order chi connectivity index (χ1) is 19.5. The third-order valence-electron chi connectivity index (χ3n) is 6.20. The van der Waals surface area contributed by atoms with E-state index in [-0.39, 0.29) is 23.4 Å². The monoisotopic (exact) mass is 661 g/mol. The van der Waals surface area contributed by atoms with Gasteiger partial charge in [0.05, 0.1) is 17.2 Å². The molecular formula is C30H36BrN3O5S2. The molecule has 3 rings (SSSR count). The highest BCUT2D eigenvalue weighted by Crippen LogP contribution is 2.28. The Hall–Kier alpha value is -3.02. The number of carbonyl (C=O) groups is 2. The number of amides is 2. The van der Waals surface area contributed by atoms with E-state index in [1.165, 1.54) is 28.8 Å². The maximum atomic E-state index is 14.0. The SMILES string of the molecule is CCOc1ccc(N(CC(=O)N(Cc2cccc(Br)c2)[C@H](C)C(=O)NC(C)C)S(=O)(=O)c2ccc(SC)cc2)cc1. The molecule has 0 radical (unpaired) electrons. The first kappa shape index (κ1) is 32.5. The second kappa shape index (κ2) is 14.7. The van der Waals surface area contributed by atoms with Crippen LogP contribution in [0.3, 0.4) is 0 Å². The number of hydrogen-bond acceptors (Lipinski definition) is 6. The van der Waals surface area contributed by atoms with Gasteiger partial charge >= 0.3 is 0 Å². The summed E-state index contributed by atoms with van der Waals surface area (Å²) in [4.78, 5) is 29.4. The molecule has 0 aliphatic heterocycles. The zero-order valence-corrected chi connectivity index (χ0v) is 27.1. The summed E-state index contributed by atoms with van der Waals surface area (Å²) in [5, 5.41) is 2.86. The van der Waals surface area contributed by atoms with Gasteiger partial charge in [0.2, 0.25) is 11.8 Å². The standard InChI is InChI=1S/C30H36BrN3O5S2/c1-6-39-26-12-10-25(11-13-26)34(41(37,38)28-16-14-27(40-5)15-17-28)20-29(35)33(22(4)30(36)32-21(2)3)19-23-8-7-9-24(31)18-23/h7-18,21-22H,6,19-20H2,1-5H3,(H,32,36)/t22-/m1/s1. The summed E-state index contributed by atoms with van der Waals surface area (Å²) in [6.07, 6.45) is 1.91. The Morgan fingerprint density at radius 1 is 1.00 bits per heavy atom. The minimum absolute atomic E-state index is 0.0566. The Labute approximate surface area is 255 Å². The van der Waals surface area contributed by atoms with Gasteiger partial charge in [0.1, 0.15) is 18.3 Å². The molecule has 8 nitrogen and oxygen atoms in total. The third kappa shape index (κ3) is 8.73. The first-order valence-corrected chi connectivity index (χ1v) is 16.7. The van der Waals surface area contributed by atoms with Gasteiger partial charge in [-0.15, -0.1) is 11.8 Å². The number of ether oxygens (including phenoxy) is 1. The lowest BCUT2D eigenvalue weighted by molar-refractivity contribution is -0.139. The Balaban J connectivity index is 2.04. The topological polar surface area (TPSA) is 96.0 Å². The van der Waals surface area contributed by atoms with Gasteiger partial charge in [0.25, 0.3) is 10.0 Å². The number of hydrogen-bond donors (Lipinski definition) is 1. The minimum Gasteiger partial charge on any atom is -0.494 e. The van der Waals surface area contributed by atoms with E-state index in [1.54, 1.807) is 43.3 Å². The van der Waals surface area contributed by atoms with Crippen molar-refractivity contribution in [1.82, 2.24) is 10.2 Å². The fourth-order valence-electron chi connectivity index (χ4n) is 4.10. The van der Waals surface area contributed by atoms with Crippen molar-refractivity contribution in [2.24, 2.45) is 0 Å². The predicted octanol–water partition coefficient (Wildman–Crippen LogP) is 5.71. The lowest BCUT2D eigenvalue weighted by Gasteiger charge is -2.32. The average Bonchev–Trinajstić information content (AvgIpc) is 2.94. The van der Waals surface area contributed by atoms with Gasteiger partial charge in [0.15, 0.2) is 0 Å². The molecule has 0 bridgehead atoms. The first-order valence-electron chi connectivity index (χ1n) is 13.2. The van der Waals surface area contributed by atoms with Crippen molar-refractivity contribution in [2.45, 2.75) is 56.1 Å². The van der Waals surface area contributed by atoms with Crippen molar-refractivity contribution in [3.05, 3.63) is 82.8 Å². The van der Waals surface area contributed by atoms with Crippen LogP contribution < -0.4 is 14.4 Å². The fourth-order valence-corrected chi connectivity index (χ4v) is 6.37. The quantitative estimate of drug-likeness (QED) is 0.236. The maximum Gasteiger partial charge on any atom is 0.264 e. The van der Waals surface area contributed by atoms with E-state index in [0.717, 1.165) is 19.2 Å². The smallest absolute Gasteiger partial charge is 0.264 e. The Morgan fingerprint density at radius 2 is 1.66 bits per heavy atom. The molecule has 1 N–H and O–H groups in total. The molecule has 0 saturated carbocycles. The van der Waals surface area contributed by atoms with Gasteiger partial charge in [-0.05, 0) is 100 Å². The molecule has 0 aliphatic carbocycles. The largest absolute Gasteiger partial charge is 0.494 e. The number of anilines is 1. The summed E-state index contributed by atoms with van der Waals surface area (Å²) in [5.41, 5.74) is 1.09. The molecule has 3 aromatic carbocycles. The zero-order valence-electron chi connectivity index (χ0n) is 23.8. The summed E-state index contributed by atoms with van der Waals surface area (Å²) >= 11 is 4.96. The number of thioether (sulfide) groups is 1. The van der Waals surface area contributed by atoms with Gasteiger partial charge < -0.3 is 15.0 Å². The van der Waals surface area contributed by atoms with Gasteiger partial charge in [-0.2, -0.15) is 0 Å². The van der Waals surface area contributed by atoms with Crippen LogP contribution in [-0.2, 0) is 26.2 Å². The third-order valence-corrected chi connectivity index (χ3v) is 9.23. The molecular weight excluding hydrogens is 626 g/mol. The van der Waals surface area contributed by atoms with Crippen LogP contribution in [-0.4, -0.2) is 56.6 Å². The number of nitrogens with zero attached hydrogens (tertiary/aromatic N) is 2. The van der Waals surface area contributed by atoms with Crippen LogP contribution in [0, 0.1) is 0 Å². The molecule has 0 unspecified atom stereocenters. The second-order valence-corrected chi connectivity index (χ2v) is 13.3. The van der Waals surface area contributed by atoms with Crippen LogP contribution in [0.5, 0.6) is 5.75 Å².